The second-order valence-electron chi connectivity index (χ2n) is 3.77. The number of benzene rings is 1. The summed E-state index contributed by atoms with van der Waals surface area (Å²) in [6.45, 7) is 2.33. The Kier molecular flexibility index (Phi) is 3.53. The highest BCUT2D eigenvalue weighted by molar-refractivity contribution is 5.90. The van der Waals surface area contributed by atoms with Crippen molar-refractivity contribution < 1.29 is 14.6 Å². The summed E-state index contributed by atoms with van der Waals surface area (Å²) >= 11 is 0. The first-order valence-electron chi connectivity index (χ1n) is 5.76. The van der Waals surface area contributed by atoms with Gasteiger partial charge in [-0.3, -0.25) is 0 Å². The highest BCUT2D eigenvalue weighted by Gasteiger charge is 2.18. The number of carboxylic acid groups (broad SMARTS) is 1. The summed E-state index contributed by atoms with van der Waals surface area (Å²) < 4.78 is 6.92. The molecule has 0 radical (unpaired) electrons. The van der Waals surface area contributed by atoms with Crippen molar-refractivity contribution in [1.82, 2.24) is 4.57 Å². The van der Waals surface area contributed by atoms with Crippen LogP contribution in [0.1, 0.15) is 23.0 Å². The number of carbonyl (C=O) groups is 1. The van der Waals surface area contributed by atoms with E-state index in [0.29, 0.717) is 18.0 Å². The molecule has 1 N–H and O–H groups in total. The van der Waals surface area contributed by atoms with Gasteiger partial charge < -0.3 is 14.4 Å². The van der Waals surface area contributed by atoms with Crippen LogP contribution in [0.2, 0.25) is 0 Å². The van der Waals surface area contributed by atoms with Crippen LogP contribution >= 0.6 is 0 Å². The zero-order chi connectivity index (χ0) is 13.8. The van der Waals surface area contributed by atoms with Gasteiger partial charge in [-0.25, -0.2) is 4.79 Å². The van der Waals surface area contributed by atoms with Crippen LogP contribution in [0.5, 0.6) is 5.75 Å². The molecule has 0 spiro atoms. The van der Waals surface area contributed by atoms with Gasteiger partial charge in [0.15, 0.2) is 0 Å². The number of hydrogen-bond donors (Lipinski definition) is 1. The van der Waals surface area contributed by atoms with E-state index in [4.69, 9.17) is 10.00 Å². The lowest BCUT2D eigenvalue weighted by Crippen LogP contribution is -2.09. The van der Waals surface area contributed by atoms with E-state index < -0.39 is 5.97 Å². The number of ether oxygens (including phenoxy) is 1. The van der Waals surface area contributed by atoms with Crippen LogP contribution in [0.15, 0.2) is 36.5 Å². The number of nitrogens with zero attached hydrogens (tertiary/aromatic N) is 2. The van der Waals surface area contributed by atoms with Crippen molar-refractivity contribution in [3.8, 4) is 17.5 Å². The average Bonchev–Trinajstić information content (AvgIpc) is 2.83. The summed E-state index contributed by atoms with van der Waals surface area (Å²) in [4.78, 5) is 11.3. The Balaban J connectivity index is 2.63. The standard InChI is InChI=1S/C14H12N2O3/c1-2-19-12-6-4-3-5-11(12)16-8-7-10(9-15)13(16)14(17)18/h3-8H,2H2,1H3,(H,17,18). The molecule has 96 valence electrons. The number of rotatable bonds is 4. The monoisotopic (exact) mass is 256 g/mol. The molecule has 1 aromatic heterocycles. The highest BCUT2D eigenvalue weighted by Crippen LogP contribution is 2.26. The van der Waals surface area contributed by atoms with Crippen LogP contribution < -0.4 is 4.74 Å². The molecule has 0 atom stereocenters. The van der Waals surface area contributed by atoms with Gasteiger partial charge in [-0.05, 0) is 25.1 Å². The van der Waals surface area contributed by atoms with Crippen LogP contribution in [-0.4, -0.2) is 22.2 Å². The van der Waals surface area contributed by atoms with Gasteiger partial charge in [0.05, 0.1) is 17.9 Å². The van der Waals surface area contributed by atoms with Crippen molar-refractivity contribution in [1.29, 1.82) is 5.26 Å². The summed E-state index contributed by atoms with van der Waals surface area (Å²) in [5.74, 6) is -0.569. The van der Waals surface area contributed by atoms with Crippen molar-refractivity contribution in [2.75, 3.05) is 6.61 Å². The second kappa shape index (κ2) is 5.27. The summed E-state index contributed by atoms with van der Waals surface area (Å²) in [6.07, 6.45) is 1.56. The van der Waals surface area contributed by atoms with Gasteiger partial charge in [-0.1, -0.05) is 12.1 Å². The Labute approximate surface area is 110 Å². The minimum atomic E-state index is -1.15. The van der Waals surface area contributed by atoms with E-state index in [1.54, 1.807) is 24.4 Å². The van der Waals surface area contributed by atoms with E-state index in [2.05, 4.69) is 0 Å². The fourth-order valence-corrected chi connectivity index (χ4v) is 1.88. The topological polar surface area (TPSA) is 75.2 Å². The Morgan fingerprint density at radius 3 is 2.79 bits per heavy atom. The van der Waals surface area contributed by atoms with Gasteiger partial charge in [0, 0.05) is 6.20 Å². The van der Waals surface area contributed by atoms with E-state index >= 15 is 0 Å². The first kappa shape index (κ1) is 12.7. The van der Waals surface area contributed by atoms with E-state index in [1.165, 1.54) is 10.6 Å². The zero-order valence-corrected chi connectivity index (χ0v) is 10.3. The second-order valence-corrected chi connectivity index (χ2v) is 3.77. The first-order valence-corrected chi connectivity index (χ1v) is 5.76. The minimum absolute atomic E-state index is 0.0605. The average molecular weight is 256 g/mol. The lowest BCUT2D eigenvalue weighted by molar-refractivity contribution is 0.0688. The Morgan fingerprint density at radius 2 is 2.16 bits per heavy atom. The lowest BCUT2D eigenvalue weighted by Gasteiger charge is -2.12. The van der Waals surface area contributed by atoms with Crippen LogP contribution in [0.4, 0.5) is 0 Å². The largest absolute Gasteiger partial charge is 0.492 e. The van der Waals surface area contributed by atoms with Crippen LogP contribution in [0.25, 0.3) is 5.69 Å². The number of aromatic carboxylic acids is 1. The Bertz CT molecular complexity index is 653. The maximum Gasteiger partial charge on any atom is 0.354 e. The van der Waals surface area contributed by atoms with E-state index in [0.717, 1.165) is 0 Å². The molecule has 0 fully saturated rings. The molecule has 2 rings (SSSR count). The zero-order valence-electron chi connectivity index (χ0n) is 10.3. The molecular weight excluding hydrogens is 244 g/mol. The fourth-order valence-electron chi connectivity index (χ4n) is 1.88. The molecule has 19 heavy (non-hydrogen) atoms. The SMILES string of the molecule is CCOc1ccccc1-n1ccc(C#N)c1C(=O)O. The third kappa shape index (κ3) is 2.29. The van der Waals surface area contributed by atoms with E-state index in [1.807, 2.05) is 19.1 Å². The van der Waals surface area contributed by atoms with Gasteiger partial charge >= 0.3 is 5.97 Å². The van der Waals surface area contributed by atoms with Crippen molar-refractivity contribution in [3.05, 3.63) is 47.8 Å². The van der Waals surface area contributed by atoms with Gasteiger partial charge in [0.1, 0.15) is 17.5 Å². The highest BCUT2D eigenvalue weighted by atomic mass is 16.5. The van der Waals surface area contributed by atoms with Crippen molar-refractivity contribution in [2.24, 2.45) is 0 Å². The molecule has 1 aromatic carbocycles. The fraction of sp³-hybridized carbons (Fsp3) is 0.143. The molecule has 0 saturated carbocycles. The molecule has 0 amide bonds. The van der Waals surface area contributed by atoms with Gasteiger partial charge in [0.2, 0.25) is 0 Å². The smallest absolute Gasteiger partial charge is 0.354 e. The summed E-state index contributed by atoms with van der Waals surface area (Å²) in [7, 11) is 0. The quantitative estimate of drug-likeness (QED) is 0.911. The molecule has 2 aromatic rings. The number of para-hydroxylation sites is 2. The summed E-state index contributed by atoms with van der Waals surface area (Å²) in [6, 6.07) is 10.5. The Morgan fingerprint density at radius 1 is 1.42 bits per heavy atom. The third-order valence-corrected chi connectivity index (χ3v) is 2.63. The Hall–Kier alpha value is -2.74. The lowest BCUT2D eigenvalue weighted by atomic mass is 10.2. The number of nitriles is 1. The minimum Gasteiger partial charge on any atom is -0.492 e. The van der Waals surface area contributed by atoms with Crippen molar-refractivity contribution in [3.63, 3.8) is 0 Å². The molecule has 0 aliphatic rings. The molecule has 0 unspecified atom stereocenters. The van der Waals surface area contributed by atoms with Gasteiger partial charge in [-0.15, -0.1) is 0 Å². The van der Waals surface area contributed by atoms with Crippen molar-refractivity contribution in [2.45, 2.75) is 6.92 Å². The van der Waals surface area contributed by atoms with E-state index in [9.17, 15) is 9.90 Å². The van der Waals surface area contributed by atoms with Crippen molar-refractivity contribution >= 4 is 5.97 Å². The molecule has 0 saturated heterocycles. The molecule has 1 heterocycles. The number of hydrogen-bond acceptors (Lipinski definition) is 3. The van der Waals surface area contributed by atoms with Gasteiger partial charge in [-0.2, -0.15) is 5.26 Å². The normalized spacial score (nSPS) is 9.89. The maximum atomic E-state index is 11.3. The predicted molar refractivity (Wildman–Crippen MR) is 68.6 cm³/mol. The summed E-state index contributed by atoms with van der Waals surface area (Å²) in [5, 5.41) is 18.2. The van der Waals surface area contributed by atoms with Crippen LogP contribution in [0, 0.1) is 11.3 Å². The first-order chi connectivity index (χ1) is 9.19. The predicted octanol–water partition coefficient (Wildman–Crippen LogP) is 2.45. The van der Waals surface area contributed by atoms with Crippen LogP contribution in [-0.2, 0) is 0 Å². The third-order valence-electron chi connectivity index (χ3n) is 2.63. The molecule has 0 bridgehead atoms. The molecule has 0 aliphatic heterocycles. The number of aromatic nitrogens is 1. The molecular formula is C14H12N2O3. The molecule has 5 nitrogen and oxygen atoms in total. The molecule has 5 heteroatoms. The maximum absolute atomic E-state index is 11.3. The van der Waals surface area contributed by atoms with Crippen LogP contribution in [0.3, 0.4) is 0 Å². The van der Waals surface area contributed by atoms with Gasteiger partial charge in [0.25, 0.3) is 0 Å². The summed E-state index contributed by atoms with van der Waals surface area (Å²) in [5.41, 5.74) is 0.664. The number of carboxylic acids is 1. The molecule has 0 aliphatic carbocycles. The van der Waals surface area contributed by atoms with E-state index in [-0.39, 0.29) is 11.3 Å².